The second kappa shape index (κ2) is 7.56. The van der Waals surface area contributed by atoms with E-state index in [9.17, 15) is 4.79 Å². The van der Waals surface area contributed by atoms with E-state index in [2.05, 4.69) is 34.5 Å². The second-order valence-corrected chi connectivity index (χ2v) is 6.06. The van der Waals surface area contributed by atoms with Crippen molar-refractivity contribution in [2.75, 3.05) is 32.4 Å². The van der Waals surface area contributed by atoms with Gasteiger partial charge in [-0.05, 0) is 38.1 Å². The first-order valence-corrected chi connectivity index (χ1v) is 7.90. The summed E-state index contributed by atoms with van der Waals surface area (Å²) in [4.78, 5) is 15.3. The third kappa shape index (κ3) is 4.55. The third-order valence-corrected chi connectivity index (χ3v) is 4.62. The molecule has 2 rings (SSSR count). The Kier molecular flexibility index (Phi) is 5.73. The van der Waals surface area contributed by atoms with Gasteiger partial charge in [-0.3, -0.25) is 4.79 Å². The second-order valence-electron chi connectivity index (χ2n) is 4.89. The van der Waals surface area contributed by atoms with Crippen molar-refractivity contribution in [2.45, 2.75) is 17.7 Å². The summed E-state index contributed by atoms with van der Waals surface area (Å²) in [5.41, 5.74) is 0. The number of carbonyl (C=O) groups excluding carboxylic acids is 1. The van der Waals surface area contributed by atoms with Gasteiger partial charge in [0.05, 0.1) is 0 Å². The Morgan fingerprint density at radius 2 is 2.00 bits per heavy atom. The van der Waals surface area contributed by atoms with Crippen LogP contribution >= 0.6 is 11.8 Å². The summed E-state index contributed by atoms with van der Waals surface area (Å²) in [6.45, 7) is 3.21. The van der Waals surface area contributed by atoms with E-state index in [4.69, 9.17) is 0 Å². The Balaban J connectivity index is 1.65. The molecule has 0 spiro atoms. The van der Waals surface area contributed by atoms with Gasteiger partial charge in [0, 0.05) is 30.2 Å². The summed E-state index contributed by atoms with van der Waals surface area (Å²) < 4.78 is 0. The number of nitrogens with zero attached hydrogens (tertiary/aromatic N) is 1. The number of benzene rings is 1. The Labute approximate surface area is 119 Å². The van der Waals surface area contributed by atoms with Crippen molar-refractivity contribution >= 4 is 17.7 Å². The summed E-state index contributed by atoms with van der Waals surface area (Å²) in [5, 5.41) is 2.75. The minimum Gasteiger partial charge on any atom is -0.359 e. The molecule has 1 aromatic carbocycles. The number of amides is 1. The maximum Gasteiger partial charge on any atom is 0.222 e. The van der Waals surface area contributed by atoms with Crippen molar-refractivity contribution in [3.63, 3.8) is 0 Å². The Morgan fingerprint density at radius 1 is 1.32 bits per heavy atom. The lowest BCUT2D eigenvalue weighted by molar-refractivity contribution is -0.125. The van der Waals surface area contributed by atoms with Gasteiger partial charge in [-0.2, -0.15) is 0 Å². The van der Waals surface area contributed by atoms with Crippen molar-refractivity contribution in [1.82, 2.24) is 10.2 Å². The molecule has 1 saturated heterocycles. The van der Waals surface area contributed by atoms with Gasteiger partial charge in [-0.15, -0.1) is 11.8 Å². The molecule has 1 fully saturated rings. The van der Waals surface area contributed by atoms with E-state index < -0.39 is 0 Å². The first-order chi connectivity index (χ1) is 9.29. The minimum absolute atomic E-state index is 0.207. The molecular weight excluding hydrogens is 256 g/mol. The Morgan fingerprint density at radius 3 is 2.63 bits per heavy atom. The number of hydrogen-bond acceptors (Lipinski definition) is 3. The van der Waals surface area contributed by atoms with Gasteiger partial charge in [0.25, 0.3) is 0 Å². The molecule has 1 aliphatic rings. The molecule has 0 bridgehead atoms. The zero-order valence-electron chi connectivity index (χ0n) is 11.5. The quantitative estimate of drug-likeness (QED) is 0.838. The predicted octanol–water partition coefficient (Wildman–Crippen LogP) is 2.24. The van der Waals surface area contributed by atoms with Crippen molar-refractivity contribution in [3.8, 4) is 0 Å². The molecule has 1 amide bonds. The van der Waals surface area contributed by atoms with Crippen molar-refractivity contribution in [2.24, 2.45) is 5.92 Å². The summed E-state index contributed by atoms with van der Waals surface area (Å²) in [5.74, 6) is 1.55. The van der Waals surface area contributed by atoms with Gasteiger partial charge in [0.2, 0.25) is 5.91 Å². The molecule has 1 heterocycles. The molecule has 19 heavy (non-hydrogen) atoms. The number of piperidine rings is 1. The van der Waals surface area contributed by atoms with E-state index in [0.29, 0.717) is 0 Å². The van der Waals surface area contributed by atoms with E-state index in [1.165, 1.54) is 4.90 Å². The fourth-order valence-electron chi connectivity index (χ4n) is 2.43. The first kappa shape index (κ1) is 14.4. The molecule has 0 aromatic heterocycles. The van der Waals surface area contributed by atoms with Gasteiger partial charge in [0.15, 0.2) is 0 Å². The summed E-state index contributed by atoms with van der Waals surface area (Å²) >= 11 is 1.90. The molecule has 1 aliphatic heterocycles. The Hall–Kier alpha value is -1.00. The van der Waals surface area contributed by atoms with Crippen LogP contribution in [-0.2, 0) is 4.79 Å². The molecule has 4 heteroatoms. The maximum atomic E-state index is 11.5. The summed E-state index contributed by atoms with van der Waals surface area (Å²) in [6.07, 6.45) is 1.99. The van der Waals surface area contributed by atoms with Crippen LogP contribution in [0.1, 0.15) is 12.8 Å². The van der Waals surface area contributed by atoms with Crippen molar-refractivity contribution in [3.05, 3.63) is 30.3 Å². The van der Waals surface area contributed by atoms with Crippen molar-refractivity contribution < 1.29 is 4.79 Å². The third-order valence-electron chi connectivity index (χ3n) is 3.62. The van der Waals surface area contributed by atoms with Crippen LogP contribution in [0.4, 0.5) is 0 Å². The average Bonchev–Trinajstić information content (AvgIpc) is 2.48. The standard InChI is InChI=1S/C15H22N2OS/c1-16-15(18)13-7-9-17(10-8-13)11-12-19-14-5-3-2-4-6-14/h2-6,13H,7-12H2,1H3,(H,16,18). The lowest BCUT2D eigenvalue weighted by Crippen LogP contribution is -2.40. The van der Waals surface area contributed by atoms with Gasteiger partial charge in [-0.25, -0.2) is 0 Å². The number of rotatable bonds is 5. The lowest BCUT2D eigenvalue weighted by atomic mass is 9.96. The van der Waals surface area contributed by atoms with E-state index >= 15 is 0 Å². The smallest absolute Gasteiger partial charge is 0.222 e. The van der Waals surface area contributed by atoms with Crippen LogP contribution in [0.25, 0.3) is 0 Å². The van der Waals surface area contributed by atoms with Crippen LogP contribution in [0.3, 0.4) is 0 Å². The highest BCUT2D eigenvalue weighted by atomic mass is 32.2. The lowest BCUT2D eigenvalue weighted by Gasteiger charge is -2.30. The van der Waals surface area contributed by atoms with E-state index in [1.807, 2.05) is 17.8 Å². The normalized spacial score (nSPS) is 17.3. The number of hydrogen-bond donors (Lipinski definition) is 1. The molecule has 0 saturated carbocycles. The number of nitrogens with one attached hydrogen (secondary N) is 1. The van der Waals surface area contributed by atoms with Crippen LogP contribution in [0.2, 0.25) is 0 Å². The molecule has 104 valence electrons. The zero-order valence-corrected chi connectivity index (χ0v) is 12.3. The van der Waals surface area contributed by atoms with Gasteiger partial charge in [-0.1, -0.05) is 18.2 Å². The van der Waals surface area contributed by atoms with Gasteiger partial charge >= 0.3 is 0 Å². The SMILES string of the molecule is CNC(=O)C1CCN(CCSc2ccccc2)CC1. The fraction of sp³-hybridized carbons (Fsp3) is 0.533. The zero-order chi connectivity index (χ0) is 13.5. The van der Waals surface area contributed by atoms with Crippen LogP contribution in [0.5, 0.6) is 0 Å². The molecule has 3 nitrogen and oxygen atoms in total. The van der Waals surface area contributed by atoms with Gasteiger partial charge in [0.1, 0.15) is 0 Å². The number of likely N-dealkylation sites (tertiary alicyclic amines) is 1. The monoisotopic (exact) mass is 278 g/mol. The predicted molar refractivity (Wildman–Crippen MR) is 80.4 cm³/mol. The first-order valence-electron chi connectivity index (χ1n) is 6.91. The Bertz CT molecular complexity index is 388. The van der Waals surface area contributed by atoms with Crippen molar-refractivity contribution in [1.29, 1.82) is 0 Å². The van der Waals surface area contributed by atoms with E-state index in [-0.39, 0.29) is 11.8 Å². The highest BCUT2D eigenvalue weighted by Gasteiger charge is 2.23. The molecule has 1 aromatic rings. The van der Waals surface area contributed by atoms with E-state index in [0.717, 1.165) is 38.2 Å². The van der Waals surface area contributed by atoms with Crippen LogP contribution in [0, 0.1) is 5.92 Å². The minimum atomic E-state index is 0.207. The summed E-state index contributed by atoms with van der Waals surface area (Å²) in [7, 11) is 1.73. The van der Waals surface area contributed by atoms with Crippen LogP contribution < -0.4 is 5.32 Å². The average molecular weight is 278 g/mol. The summed E-state index contributed by atoms with van der Waals surface area (Å²) in [6, 6.07) is 10.5. The molecular formula is C15H22N2OS. The van der Waals surface area contributed by atoms with E-state index in [1.54, 1.807) is 7.05 Å². The molecule has 0 unspecified atom stereocenters. The largest absolute Gasteiger partial charge is 0.359 e. The maximum absolute atomic E-state index is 11.5. The highest BCUT2D eigenvalue weighted by Crippen LogP contribution is 2.20. The van der Waals surface area contributed by atoms with Crippen LogP contribution in [-0.4, -0.2) is 43.2 Å². The molecule has 1 N–H and O–H groups in total. The molecule has 0 atom stereocenters. The number of thioether (sulfide) groups is 1. The number of carbonyl (C=O) groups is 1. The fourth-order valence-corrected chi connectivity index (χ4v) is 3.37. The topological polar surface area (TPSA) is 32.3 Å². The highest BCUT2D eigenvalue weighted by molar-refractivity contribution is 7.99. The van der Waals surface area contributed by atoms with Crippen LogP contribution in [0.15, 0.2) is 35.2 Å². The molecule has 0 aliphatic carbocycles. The molecule has 0 radical (unpaired) electrons. The van der Waals surface area contributed by atoms with Gasteiger partial charge < -0.3 is 10.2 Å².